The maximum Gasteiger partial charge on any atom is 0.243 e. The fourth-order valence-corrected chi connectivity index (χ4v) is 2.51. The highest BCUT2D eigenvalue weighted by atomic mass is 79.9. The van der Waals surface area contributed by atoms with Crippen molar-refractivity contribution in [3.63, 3.8) is 0 Å². The van der Waals surface area contributed by atoms with Crippen LogP contribution in [0.15, 0.2) is 58.1 Å². The van der Waals surface area contributed by atoms with E-state index in [-0.39, 0.29) is 5.91 Å². The lowest BCUT2D eigenvalue weighted by Gasteiger charge is -2.19. The minimum Gasteiger partial charge on any atom is -0.446 e. The second-order valence-corrected chi connectivity index (χ2v) is 6.15. The molecule has 1 aliphatic heterocycles. The number of carbonyl (C=O) groups excluding carboxylic acids is 1. The number of rotatable bonds is 2. The highest BCUT2D eigenvalue weighted by Gasteiger charge is 2.32. The summed E-state index contributed by atoms with van der Waals surface area (Å²) in [7, 11) is 0. The summed E-state index contributed by atoms with van der Waals surface area (Å²) < 4.78 is 6.85. The van der Waals surface area contributed by atoms with Crippen molar-refractivity contribution in [3.05, 3.63) is 69.2 Å². The summed E-state index contributed by atoms with van der Waals surface area (Å²) in [5.74, 6) is 0.231. The van der Waals surface area contributed by atoms with Crippen LogP contribution >= 0.6 is 27.5 Å². The van der Waals surface area contributed by atoms with Gasteiger partial charge in [0.05, 0.1) is 0 Å². The normalized spacial score (nSPS) is 17.1. The molecule has 0 spiro atoms. The van der Waals surface area contributed by atoms with Gasteiger partial charge in [-0.15, -0.1) is 5.10 Å². The zero-order chi connectivity index (χ0) is 15.7. The maximum absolute atomic E-state index is 11.8. The number of hydrazone groups is 1. The van der Waals surface area contributed by atoms with Gasteiger partial charge < -0.3 is 4.74 Å². The topological polar surface area (TPSA) is 41.9 Å². The molecular formula is C16H12BrClN2O2. The van der Waals surface area contributed by atoms with Gasteiger partial charge in [0.1, 0.15) is 0 Å². The van der Waals surface area contributed by atoms with E-state index in [1.807, 2.05) is 36.4 Å². The van der Waals surface area contributed by atoms with Gasteiger partial charge in [-0.05, 0) is 36.4 Å². The minimum absolute atomic E-state index is 0.188. The van der Waals surface area contributed by atoms with Crippen molar-refractivity contribution in [2.45, 2.75) is 13.2 Å². The van der Waals surface area contributed by atoms with Gasteiger partial charge in [-0.1, -0.05) is 39.7 Å². The molecule has 4 nitrogen and oxygen atoms in total. The lowest BCUT2D eigenvalue weighted by Crippen LogP contribution is -2.25. The second kappa shape index (κ2) is 6.10. The van der Waals surface area contributed by atoms with Gasteiger partial charge in [-0.25, -0.2) is 0 Å². The molecule has 22 heavy (non-hydrogen) atoms. The molecule has 2 aromatic rings. The molecule has 1 heterocycles. The number of halogens is 2. The first-order chi connectivity index (χ1) is 10.5. The second-order valence-electron chi connectivity index (χ2n) is 4.80. The average molecular weight is 380 g/mol. The molecular weight excluding hydrogens is 368 g/mol. The van der Waals surface area contributed by atoms with Gasteiger partial charge in [0.15, 0.2) is 0 Å². The first kappa shape index (κ1) is 15.1. The molecule has 6 heteroatoms. The molecule has 1 aliphatic rings. The van der Waals surface area contributed by atoms with Crippen molar-refractivity contribution in [3.8, 4) is 0 Å². The summed E-state index contributed by atoms with van der Waals surface area (Å²) in [6.45, 7) is 1.46. The summed E-state index contributed by atoms with van der Waals surface area (Å²) in [4.78, 5) is 11.8. The van der Waals surface area contributed by atoms with Gasteiger partial charge in [0.2, 0.25) is 18.0 Å². The number of carbonyl (C=O) groups is 1. The molecule has 112 valence electrons. The Hall–Kier alpha value is -1.85. The van der Waals surface area contributed by atoms with Crippen molar-refractivity contribution in [2.75, 3.05) is 0 Å². The Bertz CT molecular complexity index is 729. The molecule has 0 saturated heterocycles. The van der Waals surface area contributed by atoms with E-state index in [9.17, 15) is 4.79 Å². The molecule has 0 fully saturated rings. The third kappa shape index (κ3) is 3.00. The monoisotopic (exact) mass is 378 g/mol. The first-order valence-corrected chi connectivity index (χ1v) is 7.78. The van der Waals surface area contributed by atoms with Crippen molar-refractivity contribution in [1.29, 1.82) is 0 Å². The summed E-state index contributed by atoms with van der Waals surface area (Å²) >= 11 is 9.29. The van der Waals surface area contributed by atoms with Crippen molar-refractivity contribution in [2.24, 2.45) is 5.10 Å². The van der Waals surface area contributed by atoms with Gasteiger partial charge in [0.25, 0.3) is 0 Å². The van der Waals surface area contributed by atoms with Gasteiger partial charge in [-0.3, -0.25) is 4.79 Å². The SMILES string of the molecule is CC(=O)N1N=C(c2ccc(Br)cc2)O[C@H]1c1ccc(Cl)cc1. The lowest BCUT2D eigenvalue weighted by molar-refractivity contribution is -0.135. The van der Waals surface area contributed by atoms with Crippen molar-refractivity contribution < 1.29 is 9.53 Å². The van der Waals surface area contributed by atoms with E-state index in [1.54, 1.807) is 12.1 Å². The van der Waals surface area contributed by atoms with Gasteiger partial charge >= 0.3 is 0 Å². The Kier molecular flexibility index (Phi) is 4.18. The molecule has 0 bridgehead atoms. The zero-order valence-corrected chi connectivity index (χ0v) is 14.0. The Morgan fingerprint density at radius 2 is 1.82 bits per heavy atom. The fraction of sp³-hybridized carbons (Fsp3) is 0.125. The summed E-state index contributed by atoms with van der Waals surface area (Å²) in [5.41, 5.74) is 1.63. The van der Waals surface area contributed by atoms with Crippen LogP contribution in [0.3, 0.4) is 0 Å². The number of benzene rings is 2. The van der Waals surface area contributed by atoms with Crippen molar-refractivity contribution >= 4 is 39.3 Å². The Labute approximate surface area is 141 Å². The Morgan fingerprint density at radius 3 is 2.41 bits per heavy atom. The van der Waals surface area contributed by atoms with E-state index in [0.29, 0.717) is 10.9 Å². The molecule has 0 N–H and O–H groups in total. The molecule has 0 unspecified atom stereocenters. The van der Waals surface area contributed by atoms with Crippen LogP contribution < -0.4 is 0 Å². The van der Waals surface area contributed by atoms with E-state index in [1.165, 1.54) is 11.9 Å². The van der Waals surface area contributed by atoms with E-state index < -0.39 is 6.23 Å². The van der Waals surface area contributed by atoms with Crippen LogP contribution in [0, 0.1) is 0 Å². The molecule has 0 aromatic heterocycles. The van der Waals surface area contributed by atoms with Crippen LogP contribution in [0.2, 0.25) is 5.02 Å². The van der Waals surface area contributed by atoms with Crippen LogP contribution in [0.5, 0.6) is 0 Å². The van der Waals surface area contributed by atoms with Gasteiger partial charge in [0, 0.05) is 27.5 Å². The summed E-state index contributed by atoms with van der Waals surface area (Å²) in [6, 6.07) is 14.7. The fourth-order valence-electron chi connectivity index (χ4n) is 2.12. The van der Waals surface area contributed by atoms with Gasteiger partial charge in [-0.2, -0.15) is 5.01 Å². The standard InChI is InChI=1S/C16H12BrClN2O2/c1-10(21)20-16(12-4-8-14(18)9-5-12)22-15(19-20)11-2-6-13(17)7-3-11/h2-9,16H,1H3/t16-/m0/s1. The highest BCUT2D eigenvalue weighted by Crippen LogP contribution is 2.31. The quantitative estimate of drug-likeness (QED) is 0.779. The number of amides is 1. The van der Waals surface area contributed by atoms with E-state index in [2.05, 4.69) is 21.0 Å². The molecule has 1 amide bonds. The average Bonchev–Trinajstić information content (AvgIpc) is 2.94. The van der Waals surface area contributed by atoms with E-state index in [0.717, 1.165) is 15.6 Å². The molecule has 1 atom stereocenters. The van der Waals surface area contributed by atoms with Crippen LogP contribution in [-0.4, -0.2) is 16.8 Å². The predicted octanol–water partition coefficient (Wildman–Crippen LogP) is 4.34. The Morgan fingerprint density at radius 1 is 1.18 bits per heavy atom. The van der Waals surface area contributed by atoms with Crippen LogP contribution in [-0.2, 0) is 9.53 Å². The zero-order valence-electron chi connectivity index (χ0n) is 11.7. The Balaban J connectivity index is 1.92. The minimum atomic E-state index is -0.576. The smallest absolute Gasteiger partial charge is 0.243 e. The van der Waals surface area contributed by atoms with E-state index in [4.69, 9.17) is 16.3 Å². The third-order valence-corrected chi connectivity index (χ3v) is 3.99. The first-order valence-electron chi connectivity index (χ1n) is 6.61. The van der Waals surface area contributed by atoms with E-state index >= 15 is 0 Å². The summed E-state index contributed by atoms with van der Waals surface area (Å²) in [5, 5.41) is 6.26. The largest absolute Gasteiger partial charge is 0.446 e. The number of hydrogen-bond donors (Lipinski definition) is 0. The summed E-state index contributed by atoms with van der Waals surface area (Å²) in [6.07, 6.45) is -0.576. The number of ether oxygens (including phenoxy) is 1. The molecule has 2 aromatic carbocycles. The van der Waals surface area contributed by atoms with Crippen molar-refractivity contribution in [1.82, 2.24) is 5.01 Å². The predicted molar refractivity (Wildman–Crippen MR) is 88.5 cm³/mol. The van der Waals surface area contributed by atoms with Crippen LogP contribution in [0.1, 0.15) is 24.3 Å². The molecule has 0 radical (unpaired) electrons. The van der Waals surface area contributed by atoms with Crippen LogP contribution in [0.4, 0.5) is 0 Å². The molecule has 0 saturated carbocycles. The molecule has 0 aliphatic carbocycles. The maximum atomic E-state index is 11.8. The number of hydrogen-bond acceptors (Lipinski definition) is 3. The van der Waals surface area contributed by atoms with Crippen LogP contribution in [0.25, 0.3) is 0 Å². The number of nitrogens with zero attached hydrogens (tertiary/aromatic N) is 2. The third-order valence-electron chi connectivity index (χ3n) is 3.21. The lowest BCUT2D eigenvalue weighted by atomic mass is 10.2. The highest BCUT2D eigenvalue weighted by molar-refractivity contribution is 9.10. The molecule has 3 rings (SSSR count).